The van der Waals surface area contributed by atoms with Crippen molar-refractivity contribution in [3.8, 4) is 5.75 Å². The van der Waals surface area contributed by atoms with Crippen LogP contribution in [0.1, 0.15) is 23.5 Å². The number of Topliss-reactive ketones (excluding diaryl/α,β-unsaturated/α-hetero) is 1. The third kappa shape index (κ3) is 3.74. The van der Waals surface area contributed by atoms with Gasteiger partial charge in [0.1, 0.15) is 23.2 Å². The number of hydrogen-bond acceptors (Lipinski definition) is 3. The Morgan fingerprint density at radius 1 is 1.19 bits per heavy atom. The van der Waals surface area contributed by atoms with Gasteiger partial charge in [-0.25, -0.2) is 8.78 Å². The van der Waals surface area contributed by atoms with Crippen molar-refractivity contribution in [1.82, 2.24) is 5.32 Å². The number of methoxy groups -OCH3 is 1. The van der Waals surface area contributed by atoms with E-state index in [0.29, 0.717) is 0 Å². The zero-order chi connectivity index (χ0) is 18.7. The molecule has 1 amide bonds. The Hall–Kier alpha value is -2.76. The summed E-state index contributed by atoms with van der Waals surface area (Å²) in [5, 5.41) is 2.61. The van der Waals surface area contributed by atoms with Crippen LogP contribution in [0.15, 0.2) is 42.5 Å². The maximum Gasteiger partial charge on any atom is 0.224 e. The van der Waals surface area contributed by atoms with Crippen molar-refractivity contribution in [2.24, 2.45) is 5.92 Å². The minimum atomic E-state index is -0.788. The Bertz CT molecular complexity index is 800. The normalized spacial score (nSPS) is 19.3. The van der Waals surface area contributed by atoms with Gasteiger partial charge >= 0.3 is 0 Å². The molecule has 3 rings (SSSR count). The van der Waals surface area contributed by atoms with Crippen LogP contribution in [0.25, 0.3) is 0 Å². The van der Waals surface area contributed by atoms with Crippen LogP contribution in [-0.2, 0) is 16.0 Å². The lowest BCUT2D eigenvalue weighted by molar-refractivity contribution is -0.127. The first kappa shape index (κ1) is 18.0. The maximum atomic E-state index is 14.4. The second-order valence-electron chi connectivity index (χ2n) is 6.37. The zero-order valence-corrected chi connectivity index (χ0v) is 14.3. The van der Waals surface area contributed by atoms with E-state index in [4.69, 9.17) is 4.74 Å². The van der Waals surface area contributed by atoms with Gasteiger partial charge in [-0.15, -0.1) is 0 Å². The van der Waals surface area contributed by atoms with Crippen LogP contribution in [0.3, 0.4) is 0 Å². The molecule has 1 aliphatic rings. The summed E-state index contributed by atoms with van der Waals surface area (Å²) in [4.78, 5) is 24.5. The van der Waals surface area contributed by atoms with Gasteiger partial charge in [0.2, 0.25) is 5.91 Å². The van der Waals surface area contributed by atoms with Gasteiger partial charge in [-0.3, -0.25) is 9.59 Å². The number of halogens is 2. The summed E-state index contributed by atoms with van der Waals surface area (Å²) in [6, 6.07) is 11.3. The average Bonchev–Trinajstić information content (AvgIpc) is 2.95. The first-order chi connectivity index (χ1) is 12.5. The van der Waals surface area contributed by atoms with E-state index in [-0.39, 0.29) is 42.4 Å². The number of hydrogen-bond donors (Lipinski definition) is 1. The third-order valence-electron chi connectivity index (χ3n) is 4.67. The summed E-state index contributed by atoms with van der Waals surface area (Å²) in [6.07, 6.45) is 0.126. The number of benzene rings is 2. The van der Waals surface area contributed by atoms with E-state index in [2.05, 4.69) is 5.32 Å². The van der Waals surface area contributed by atoms with Gasteiger partial charge in [0.15, 0.2) is 0 Å². The summed E-state index contributed by atoms with van der Waals surface area (Å²) in [7, 11) is 1.32. The molecule has 0 aromatic heterocycles. The second kappa shape index (κ2) is 7.64. The molecule has 0 aliphatic carbocycles. The number of carbonyl (C=O) groups excluding carboxylic acids is 2. The lowest BCUT2D eigenvalue weighted by Crippen LogP contribution is -2.23. The Labute approximate surface area is 150 Å². The SMILES string of the molecule is COc1cc(F)c([C@@H]2CNC(=O)[C@H]2CC(=O)Cc2ccccc2)c(F)c1. The molecule has 1 fully saturated rings. The number of amides is 1. The standard InChI is InChI=1S/C20H19F2NO3/c1-26-14-9-17(21)19(18(22)10-14)16-11-23-20(25)15(16)8-13(24)7-12-5-3-2-4-6-12/h2-6,9-10,15-16H,7-8,11H2,1H3,(H,23,25)/t15-,16+/m0/s1. The molecule has 0 saturated carbocycles. The number of nitrogens with one attached hydrogen (secondary N) is 1. The summed E-state index contributed by atoms with van der Waals surface area (Å²) in [6.45, 7) is 0.0995. The van der Waals surface area contributed by atoms with Gasteiger partial charge in [-0.05, 0) is 5.56 Å². The number of carbonyl (C=O) groups is 2. The van der Waals surface area contributed by atoms with E-state index in [1.54, 1.807) is 0 Å². The van der Waals surface area contributed by atoms with Crippen molar-refractivity contribution in [3.63, 3.8) is 0 Å². The maximum absolute atomic E-state index is 14.4. The smallest absolute Gasteiger partial charge is 0.224 e. The number of rotatable bonds is 6. The zero-order valence-electron chi connectivity index (χ0n) is 14.3. The van der Waals surface area contributed by atoms with Crippen molar-refractivity contribution in [3.05, 3.63) is 65.2 Å². The van der Waals surface area contributed by atoms with E-state index in [1.807, 2.05) is 30.3 Å². The molecule has 0 unspecified atom stereocenters. The molecule has 6 heteroatoms. The lowest BCUT2D eigenvalue weighted by atomic mass is 9.84. The van der Waals surface area contributed by atoms with E-state index in [1.165, 1.54) is 7.11 Å². The molecule has 0 bridgehead atoms. The van der Waals surface area contributed by atoms with E-state index in [0.717, 1.165) is 17.7 Å². The Kier molecular flexibility index (Phi) is 5.30. The molecule has 0 spiro atoms. The molecular weight excluding hydrogens is 340 g/mol. The number of ketones is 1. The largest absolute Gasteiger partial charge is 0.497 e. The van der Waals surface area contributed by atoms with Crippen LogP contribution in [0, 0.1) is 17.6 Å². The molecule has 4 nitrogen and oxygen atoms in total. The molecule has 1 saturated heterocycles. The van der Waals surface area contributed by atoms with Crippen LogP contribution in [-0.4, -0.2) is 25.3 Å². The van der Waals surface area contributed by atoms with Crippen molar-refractivity contribution in [2.75, 3.05) is 13.7 Å². The quantitative estimate of drug-likeness (QED) is 0.863. The van der Waals surface area contributed by atoms with Gasteiger partial charge < -0.3 is 10.1 Å². The monoisotopic (exact) mass is 359 g/mol. The van der Waals surface area contributed by atoms with Gasteiger partial charge in [0.25, 0.3) is 0 Å². The minimum Gasteiger partial charge on any atom is -0.497 e. The third-order valence-corrected chi connectivity index (χ3v) is 4.67. The Morgan fingerprint density at radius 2 is 1.85 bits per heavy atom. The summed E-state index contributed by atoms with van der Waals surface area (Å²) >= 11 is 0. The second-order valence-corrected chi connectivity index (χ2v) is 6.37. The molecule has 26 heavy (non-hydrogen) atoms. The van der Waals surface area contributed by atoms with Gasteiger partial charge in [-0.2, -0.15) is 0 Å². The molecule has 2 atom stereocenters. The first-order valence-electron chi connectivity index (χ1n) is 8.36. The first-order valence-corrected chi connectivity index (χ1v) is 8.36. The minimum absolute atomic E-state index is 0.0592. The Morgan fingerprint density at radius 3 is 2.46 bits per heavy atom. The molecule has 136 valence electrons. The highest BCUT2D eigenvalue weighted by atomic mass is 19.1. The van der Waals surface area contributed by atoms with E-state index in [9.17, 15) is 18.4 Å². The van der Waals surface area contributed by atoms with Crippen molar-refractivity contribution < 1.29 is 23.1 Å². The lowest BCUT2D eigenvalue weighted by Gasteiger charge is -2.18. The highest BCUT2D eigenvalue weighted by Gasteiger charge is 2.39. The van der Waals surface area contributed by atoms with Crippen LogP contribution in [0.5, 0.6) is 5.75 Å². The molecule has 1 heterocycles. The van der Waals surface area contributed by atoms with Gasteiger partial charge in [0, 0.05) is 43.0 Å². The molecular formula is C20H19F2NO3. The predicted molar refractivity (Wildman–Crippen MR) is 91.9 cm³/mol. The highest BCUT2D eigenvalue weighted by Crippen LogP contribution is 2.36. The van der Waals surface area contributed by atoms with Gasteiger partial charge in [-0.1, -0.05) is 30.3 Å². The fourth-order valence-corrected chi connectivity index (χ4v) is 3.38. The number of ether oxygens (including phenoxy) is 1. The molecule has 1 aliphatic heterocycles. The van der Waals surface area contributed by atoms with Crippen LogP contribution < -0.4 is 10.1 Å². The van der Waals surface area contributed by atoms with Crippen LogP contribution in [0.2, 0.25) is 0 Å². The van der Waals surface area contributed by atoms with Crippen molar-refractivity contribution in [1.29, 1.82) is 0 Å². The topological polar surface area (TPSA) is 55.4 Å². The van der Waals surface area contributed by atoms with E-state index >= 15 is 0 Å². The van der Waals surface area contributed by atoms with Crippen LogP contribution in [0.4, 0.5) is 8.78 Å². The fourth-order valence-electron chi connectivity index (χ4n) is 3.38. The average molecular weight is 359 g/mol. The van der Waals surface area contributed by atoms with Crippen molar-refractivity contribution >= 4 is 11.7 Å². The van der Waals surface area contributed by atoms with Crippen LogP contribution >= 0.6 is 0 Å². The molecule has 0 radical (unpaired) electrons. The summed E-state index contributed by atoms with van der Waals surface area (Å²) < 4.78 is 33.6. The van der Waals surface area contributed by atoms with E-state index < -0.39 is 23.5 Å². The predicted octanol–water partition coefficient (Wildman–Crippen LogP) is 3.00. The Balaban J connectivity index is 1.80. The van der Waals surface area contributed by atoms with Crippen molar-refractivity contribution in [2.45, 2.75) is 18.8 Å². The fraction of sp³-hybridized carbons (Fsp3) is 0.300. The summed E-state index contributed by atoms with van der Waals surface area (Å²) in [5.74, 6) is -3.49. The molecule has 2 aromatic carbocycles. The van der Waals surface area contributed by atoms with Gasteiger partial charge in [0.05, 0.1) is 13.0 Å². The molecule has 1 N–H and O–H groups in total. The highest BCUT2D eigenvalue weighted by molar-refractivity contribution is 5.90. The summed E-state index contributed by atoms with van der Waals surface area (Å²) in [5.41, 5.74) is 0.663. The molecule has 2 aromatic rings.